The second-order valence-corrected chi connectivity index (χ2v) is 3.82. The smallest absolute Gasteiger partial charge is 0.115 e. The summed E-state index contributed by atoms with van der Waals surface area (Å²) < 4.78 is 0. The number of aromatic nitrogens is 2. The topological polar surface area (TPSA) is 46.0 Å². The van der Waals surface area contributed by atoms with Gasteiger partial charge in [0.25, 0.3) is 0 Å². The van der Waals surface area contributed by atoms with Crippen molar-refractivity contribution in [2.75, 3.05) is 0 Å². The molecule has 0 spiro atoms. The number of para-hydroxylation sites is 1. The lowest BCUT2D eigenvalue weighted by Gasteiger charge is -1.97. The van der Waals surface area contributed by atoms with Gasteiger partial charge in [-0.1, -0.05) is 30.3 Å². The summed E-state index contributed by atoms with van der Waals surface area (Å²) >= 11 is 0. The molecule has 3 rings (SSSR count). The van der Waals surface area contributed by atoms with E-state index in [1.54, 1.807) is 36.7 Å². The first-order chi connectivity index (χ1) is 9.36. The molecule has 0 amide bonds. The molecule has 3 aromatic rings. The van der Waals surface area contributed by atoms with Crippen molar-refractivity contribution in [3.05, 3.63) is 79.4 Å². The van der Waals surface area contributed by atoms with Gasteiger partial charge >= 0.3 is 0 Å². The molecule has 0 unspecified atom stereocenters. The molecule has 1 N–H and O–H groups in total. The Morgan fingerprint density at radius 3 is 1.47 bits per heavy atom. The lowest BCUT2D eigenvalue weighted by Crippen LogP contribution is -1.79. The van der Waals surface area contributed by atoms with Gasteiger partial charge in [0.2, 0.25) is 0 Å². The van der Waals surface area contributed by atoms with Gasteiger partial charge in [0.05, 0.1) is 0 Å². The number of benzene rings is 1. The number of phenols is 1. The first-order valence-electron chi connectivity index (χ1n) is 5.91. The van der Waals surface area contributed by atoms with Crippen molar-refractivity contribution >= 4 is 0 Å². The van der Waals surface area contributed by atoms with Crippen molar-refractivity contribution in [2.24, 2.45) is 0 Å². The number of rotatable bonds is 1. The van der Waals surface area contributed by atoms with Crippen LogP contribution in [-0.2, 0) is 0 Å². The third-order valence-electron chi connectivity index (χ3n) is 2.41. The minimum Gasteiger partial charge on any atom is -0.508 e. The summed E-state index contributed by atoms with van der Waals surface area (Å²) in [4.78, 5) is 8.07. The van der Waals surface area contributed by atoms with Gasteiger partial charge in [-0.25, -0.2) is 0 Å². The van der Waals surface area contributed by atoms with Crippen LogP contribution in [0.5, 0.6) is 5.75 Å². The van der Waals surface area contributed by atoms with Gasteiger partial charge in [-0.3, -0.25) is 9.97 Å². The van der Waals surface area contributed by atoms with Crippen molar-refractivity contribution in [3.63, 3.8) is 0 Å². The van der Waals surface area contributed by atoms with Gasteiger partial charge in [-0.2, -0.15) is 0 Å². The largest absolute Gasteiger partial charge is 0.508 e. The van der Waals surface area contributed by atoms with Gasteiger partial charge in [0.15, 0.2) is 0 Å². The SMILES string of the molecule is Oc1ccccc1.c1cncc(-c2cccnc2)c1. The molecule has 3 heteroatoms. The number of aromatic hydroxyl groups is 1. The Balaban J connectivity index is 0.000000163. The van der Waals surface area contributed by atoms with Crippen LogP contribution < -0.4 is 0 Å². The maximum absolute atomic E-state index is 8.63. The highest BCUT2D eigenvalue weighted by atomic mass is 16.3. The van der Waals surface area contributed by atoms with Crippen LogP contribution in [0.3, 0.4) is 0 Å². The minimum atomic E-state index is 0.322. The Hall–Kier alpha value is -2.68. The van der Waals surface area contributed by atoms with E-state index in [2.05, 4.69) is 9.97 Å². The Kier molecular flexibility index (Phi) is 4.64. The Labute approximate surface area is 112 Å². The van der Waals surface area contributed by atoms with Crippen LogP contribution in [0.25, 0.3) is 11.1 Å². The van der Waals surface area contributed by atoms with E-state index < -0.39 is 0 Å². The number of pyridine rings is 2. The lowest BCUT2D eigenvalue weighted by atomic mass is 10.1. The lowest BCUT2D eigenvalue weighted by molar-refractivity contribution is 0.475. The second kappa shape index (κ2) is 6.91. The zero-order chi connectivity index (χ0) is 13.3. The first kappa shape index (κ1) is 12.8. The predicted octanol–water partition coefficient (Wildman–Crippen LogP) is 3.54. The molecule has 2 aromatic heterocycles. The van der Waals surface area contributed by atoms with Gasteiger partial charge < -0.3 is 5.11 Å². The number of hydrogen-bond donors (Lipinski definition) is 1. The molecule has 0 saturated carbocycles. The van der Waals surface area contributed by atoms with E-state index in [1.807, 2.05) is 42.7 Å². The average molecular weight is 250 g/mol. The van der Waals surface area contributed by atoms with E-state index in [0.29, 0.717) is 5.75 Å². The molecule has 0 saturated heterocycles. The van der Waals surface area contributed by atoms with Crippen molar-refractivity contribution in [1.29, 1.82) is 0 Å². The maximum Gasteiger partial charge on any atom is 0.115 e. The number of hydrogen-bond acceptors (Lipinski definition) is 3. The van der Waals surface area contributed by atoms with Gasteiger partial charge in [0.1, 0.15) is 5.75 Å². The van der Waals surface area contributed by atoms with Gasteiger partial charge in [0, 0.05) is 35.9 Å². The fraction of sp³-hybridized carbons (Fsp3) is 0. The molecule has 0 bridgehead atoms. The predicted molar refractivity (Wildman–Crippen MR) is 75.6 cm³/mol. The fourth-order valence-corrected chi connectivity index (χ4v) is 1.50. The summed E-state index contributed by atoms with van der Waals surface area (Å²) in [5, 5.41) is 8.63. The summed E-state index contributed by atoms with van der Waals surface area (Å²) in [7, 11) is 0. The van der Waals surface area contributed by atoms with E-state index in [1.165, 1.54) is 0 Å². The van der Waals surface area contributed by atoms with Crippen molar-refractivity contribution < 1.29 is 5.11 Å². The molecule has 0 aliphatic carbocycles. The Morgan fingerprint density at radius 2 is 1.16 bits per heavy atom. The molecular weight excluding hydrogens is 236 g/mol. The van der Waals surface area contributed by atoms with E-state index in [9.17, 15) is 0 Å². The molecule has 0 atom stereocenters. The first-order valence-corrected chi connectivity index (χ1v) is 5.91. The third-order valence-corrected chi connectivity index (χ3v) is 2.41. The molecule has 0 fully saturated rings. The summed E-state index contributed by atoms with van der Waals surface area (Å²) in [6, 6.07) is 16.6. The number of phenolic OH excluding ortho intramolecular Hbond substituents is 1. The molecule has 19 heavy (non-hydrogen) atoms. The van der Waals surface area contributed by atoms with Crippen LogP contribution in [0.15, 0.2) is 79.4 Å². The standard InChI is InChI=1S/C10H8N2.C6H6O/c1-3-9(7-11-5-1)10-4-2-6-12-8-10;7-6-4-2-1-3-5-6/h1-8H;1-5,7H. The van der Waals surface area contributed by atoms with Crippen molar-refractivity contribution in [3.8, 4) is 16.9 Å². The highest BCUT2D eigenvalue weighted by Gasteiger charge is 1.93. The van der Waals surface area contributed by atoms with Crippen LogP contribution in [-0.4, -0.2) is 15.1 Å². The van der Waals surface area contributed by atoms with Crippen molar-refractivity contribution in [2.45, 2.75) is 0 Å². The zero-order valence-electron chi connectivity index (χ0n) is 10.3. The maximum atomic E-state index is 8.63. The highest BCUT2D eigenvalue weighted by Crippen LogP contribution is 2.14. The van der Waals surface area contributed by atoms with Crippen LogP contribution >= 0.6 is 0 Å². The normalized spacial score (nSPS) is 9.26. The summed E-state index contributed by atoms with van der Waals surface area (Å²) in [5.41, 5.74) is 2.20. The summed E-state index contributed by atoms with van der Waals surface area (Å²) in [6.07, 6.45) is 7.19. The Morgan fingerprint density at radius 1 is 0.632 bits per heavy atom. The van der Waals surface area contributed by atoms with Gasteiger partial charge in [-0.15, -0.1) is 0 Å². The molecule has 0 radical (unpaired) electrons. The second-order valence-electron chi connectivity index (χ2n) is 3.82. The molecule has 3 nitrogen and oxygen atoms in total. The van der Waals surface area contributed by atoms with E-state index >= 15 is 0 Å². The monoisotopic (exact) mass is 250 g/mol. The van der Waals surface area contributed by atoms with Gasteiger partial charge in [-0.05, 0) is 24.3 Å². The molecule has 0 aliphatic rings. The molecule has 1 aromatic carbocycles. The summed E-state index contributed by atoms with van der Waals surface area (Å²) in [5.74, 6) is 0.322. The highest BCUT2D eigenvalue weighted by molar-refractivity contribution is 5.60. The van der Waals surface area contributed by atoms with E-state index in [4.69, 9.17) is 5.11 Å². The van der Waals surface area contributed by atoms with E-state index in [0.717, 1.165) is 11.1 Å². The minimum absolute atomic E-state index is 0.322. The summed E-state index contributed by atoms with van der Waals surface area (Å²) in [6.45, 7) is 0. The third kappa shape index (κ3) is 4.24. The molecule has 2 heterocycles. The van der Waals surface area contributed by atoms with Crippen molar-refractivity contribution in [1.82, 2.24) is 9.97 Å². The quantitative estimate of drug-likeness (QED) is 0.718. The van der Waals surface area contributed by atoms with E-state index in [-0.39, 0.29) is 0 Å². The Bertz CT molecular complexity index is 545. The molecule has 94 valence electrons. The average Bonchev–Trinajstić information content (AvgIpc) is 2.51. The van der Waals surface area contributed by atoms with Crippen LogP contribution in [0, 0.1) is 0 Å². The zero-order valence-corrected chi connectivity index (χ0v) is 10.3. The molecule has 0 aliphatic heterocycles. The van der Waals surface area contributed by atoms with Crippen LogP contribution in [0.2, 0.25) is 0 Å². The molecular formula is C16H14N2O. The fourth-order valence-electron chi connectivity index (χ4n) is 1.50. The van der Waals surface area contributed by atoms with Crippen LogP contribution in [0.4, 0.5) is 0 Å². The van der Waals surface area contributed by atoms with Crippen LogP contribution in [0.1, 0.15) is 0 Å². The number of nitrogens with zero attached hydrogens (tertiary/aromatic N) is 2.